The van der Waals surface area contributed by atoms with Gasteiger partial charge in [-0.15, -0.1) is 0 Å². The van der Waals surface area contributed by atoms with Crippen molar-refractivity contribution in [1.82, 2.24) is 0 Å². The second-order valence-corrected chi connectivity index (χ2v) is 6.78. The average molecular weight is 374 g/mol. The van der Waals surface area contributed by atoms with Crippen LogP contribution in [0.25, 0.3) is 0 Å². The molecule has 0 aliphatic carbocycles. The number of rotatable bonds is 9. The summed E-state index contributed by atoms with van der Waals surface area (Å²) in [5.41, 5.74) is 4.25. The Labute approximate surface area is 166 Å². The number of benzene rings is 3. The lowest BCUT2D eigenvalue weighted by molar-refractivity contribution is 0.0600. The molecule has 0 bridgehead atoms. The number of aryl methyl sites for hydroxylation is 2. The molecule has 0 unspecified atom stereocenters. The maximum atomic E-state index is 11.5. The molecule has 0 amide bonds. The van der Waals surface area contributed by atoms with E-state index in [2.05, 4.69) is 24.3 Å². The van der Waals surface area contributed by atoms with Gasteiger partial charge in [-0.25, -0.2) is 4.79 Å². The zero-order valence-electron chi connectivity index (χ0n) is 16.3. The minimum absolute atomic E-state index is 0.293. The molecule has 0 radical (unpaired) electrons. The Bertz CT molecular complexity index is 870. The Morgan fingerprint density at radius 3 is 2.18 bits per heavy atom. The van der Waals surface area contributed by atoms with Gasteiger partial charge in [0.25, 0.3) is 0 Å². The van der Waals surface area contributed by atoms with Gasteiger partial charge in [-0.05, 0) is 60.6 Å². The summed E-state index contributed by atoms with van der Waals surface area (Å²) in [4.78, 5) is 11.5. The number of ether oxygens (including phenoxy) is 2. The molecule has 0 N–H and O–H groups in total. The standard InChI is InChI=1S/C25H26O3/c1-27-25(26)23-17-15-20(16-18-23)9-5-6-12-22-13-7-8-14-24(22)28-19-21-10-3-2-4-11-21/h2-4,7-8,10-11,13-18H,5-6,9,12,19H2,1H3. The van der Waals surface area contributed by atoms with Gasteiger partial charge < -0.3 is 9.47 Å². The highest BCUT2D eigenvalue weighted by atomic mass is 16.5. The van der Waals surface area contributed by atoms with Gasteiger partial charge >= 0.3 is 5.97 Å². The molecule has 3 heteroatoms. The first-order valence-corrected chi connectivity index (χ1v) is 9.68. The number of carbonyl (C=O) groups is 1. The van der Waals surface area contributed by atoms with Crippen molar-refractivity contribution in [3.8, 4) is 5.75 Å². The van der Waals surface area contributed by atoms with E-state index in [4.69, 9.17) is 9.47 Å². The first-order valence-electron chi connectivity index (χ1n) is 9.68. The van der Waals surface area contributed by atoms with Crippen molar-refractivity contribution in [2.75, 3.05) is 7.11 Å². The Morgan fingerprint density at radius 2 is 1.43 bits per heavy atom. The molecule has 0 aromatic heterocycles. The highest BCUT2D eigenvalue weighted by Gasteiger charge is 2.06. The fourth-order valence-corrected chi connectivity index (χ4v) is 3.16. The van der Waals surface area contributed by atoms with E-state index in [-0.39, 0.29) is 5.97 Å². The molecular formula is C25H26O3. The molecule has 0 atom stereocenters. The van der Waals surface area contributed by atoms with Crippen LogP contribution in [0.2, 0.25) is 0 Å². The third-order valence-electron chi connectivity index (χ3n) is 4.75. The van der Waals surface area contributed by atoms with Gasteiger partial charge in [0.05, 0.1) is 12.7 Å². The summed E-state index contributed by atoms with van der Waals surface area (Å²) in [5.74, 6) is 0.674. The molecule has 3 aromatic rings. The summed E-state index contributed by atoms with van der Waals surface area (Å²) in [5, 5.41) is 0. The molecule has 0 saturated carbocycles. The van der Waals surface area contributed by atoms with Crippen molar-refractivity contribution < 1.29 is 14.3 Å². The first kappa shape index (κ1) is 19.7. The van der Waals surface area contributed by atoms with Gasteiger partial charge in [-0.2, -0.15) is 0 Å². The summed E-state index contributed by atoms with van der Waals surface area (Å²) >= 11 is 0. The summed E-state index contributed by atoms with van der Waals surface area (Å²) in [6, 6.07) is 26.2. The van der Waals surface area contributed by atoms with Crippen molar-refractivity contribution in [3.05, 3.63) is 101 Å². The van der Waals surface area contributed by atoms with E-state index in [1.807, 2.05) is 54.6 Å². The van der Waals surface area contributed by atoms with Crippen LogP contribution in [0.4, 0.5) is 0 Å². The Morgan fingerprint density at radius 1 is 0.750 bits per heavy atom. The molecule has 0 saturated heterocycles. The molecule has 0 aliphatic heterocycles. The maximum absolute atomic E-state index is 11.5. The van der Waals surface area contributed by atoms with Gasteiger partial charge in [0, 0.05) is 0 Å². The number of hydrogen-bond acceptors (Lipinski definition) is 3. The second kappa shape index (κ2) is 10.3. The number of methoxy groups -OCH3 is 1. The Kier molecular flexibility index (Phi) is 7.25. The topological polar surface area (TPSA) is 35.5 Å². The monoisotopic (exact) mass is 374 g/mol. The molecular weight excluding hydrogens is 348 g/mol. The van der Waals surface area contributed by atoms with Crippen LogP contribution in [-0.4, -0.2) is 13.1 Å². The lowest BCUT2D eigenvalue weighted by atomic mass is 10.0. The van der Waals surface area contributed by atoms with E-state index in [0.29, 0.717) is 12.2 Å². The van der Waals surface area contributed by atoms with Crippen molar-refractivity contribution in [1.29, 1.82) is 0 Å². The van der Waals surface area contributed by atoms with E-state index in [9.17, 15) is 4.79 Å². The van der Waals surface area contributed by atoms with E-state index < -0.39 is 0 Å². The van der Waals surface area contributed by atoms with Crippen LogP contribution in [-0.2, 0) is 24.2 Å². The Hall–Kier alpha value is -3.07. The fourth-order valence-electron chi connectivity index (χ4n) is 3.16. The highest BCUT2D eigenvalue weighted by Crippen LogP contribution is 2.22. The molecule has 28 heavy (non-hydrogen) atoms. The van der Waals surface area contributed by atoms with Gasteiger partial charge in [0.2, 0.25) is 0 Å². The third-order valence-corrected chi connectivity index (χ3v) is 4.75. The molecule has 3 aromatic carbocycles. The molecule has 144 valence electrons. The normalized spacial score (nSPS) is 10.5. The van der Waals surface area contributed by atoms with Crippen LogP contribution in [0.5, 0.6) is 5.75 Å². The minimum atomic E-state index is -0.293. The smallest absolute Gasteiger partial charge is 0.337 e. The van der Waals surface area contributed by atoms with Crippen molar-refractivity contribution in [2.45, 2.75) is 32.3 Å². The lowest BCUT2D eigenvalue weighted by Gasteiger charge is -2.11. The SMILES string of the molecule is COC(=O)c1ccc(CCCCc2ccccc2OCc2ccccc2)cc1. The summed E-state index contributed by atoms with van der Waals surface area (Å²) in [6.45, 7) is 0.588. The maximum Gasteiger partial charge on any atom is 0.337 e. The van der Waals surface area contributed by atoms with Crippen LogP contribution in [0, 0.1) is 0 Å². The van der Waals surface area contributed by atoms with Crippen LogP contribution < -0.4 is 4.74 Å². The number of unbranched alkanes of at least 4 members (excludes halogenated alkanes) is 1. The zero-order valence-corrected chi connectivity index (χ0v) is 16.3. The van der Waals surface area contributed by atoms with Gasteiger partial charge in [-0.1, -0.05) is 60.7 Å². The van der Waals surface area contributed by atoms with E-state index in [1.54, 1.807) is 0 Å². The molecule has 3 rings (SSSR count). The highest BCUT2D eigenvalue weighted by molar-refractivity contribution is 5.89. The van der Waals surface area contributed by atoms with Crippen LogP contribution >= 0.6 is 0 Å². The molecule has 0 aliphatic rings. The van der Waals surface area contributed by atoms with Crippen LogP contribution in [0.1, 0.15) is 39.9 Å². The summed E-state index contributed by atoms with van der Waals surface area (Å²) in [7, 11) is 1.40. The minimum Gasteiger partial charge on any atom is -0.489 e. The van der Waals surface area contributed by atoms with Crippen molar-refractivity contribution in [3.63, 3.8) is 0 Å². The number of esters is 1. The molecule has 3 nitrogen and oxygen atoms in total. The molecule has 0 fully saturated rings. The van der Waals surface area contributed by atoms with Crippen LogP contribution in [0.3, 0.4) is 0 Å². The predicted molar refractivity (Wildman–Crippen MR) is 112 cm³/mol. The van der Waals surface area contributed by atoms with E-state index >= 15 is 0 Å². The molecule has 0 heterocycles. The third kappa shape index (κ3) is 5.71. The van der Waals surface area contributed by atoms with Gasteiger partial charge in [-0.3, -0.25) is 0 Å². The quantitative estimate of drug-likeness (QED) is 0.360. The summed E-state index contributed by atoms with van der Waals surface area (Å²) in [6.07, 6.45) is 4.16. The van der Waals surface area contributed by atoms with Crippen molar-refractivity contribution in [2.24, 2.45) is 0 Å². The average Bonchev–Trinajstić information content (AvgIpc) is 2.76. The van der Waals surface area contributed by atoms with Gasteiger partial charge in [0.1, 0.15) is 12.4 Å². The largest absolute Gasteiger partial charge is 0.489 e. The van der Waals surface area contributed by atoms with E-state index in [1.165, 1.54) is 23.8 Å². The number of carbonyl (C=O) groups excluding carboxylic acids is 1. The molecule has 0 spiro atoms. The zero-order chi connectivity index (χ0) is 19.6. The fraction of sp³-hybridized carbons (Fsp3) is 0.240. The van der Waals surface area contributed by atoms with Crippen molar-refractivity contribution >= 4 is 5.97 Å². The second-order valence-electron chi connectivity index (χ2n) is 6.78. The number of hydrogen-bond donors (Lipinski definition) is 0. The first-order chi connectivity index (χ1) is 13.8. The lowest BCUT2D eigenvalue weighted by Crippen LogP contribution is -2.01. The number of para-hydroxylation sites is 1. The predicted octanol–water partition coefficient (Wildman–Crippen LogP) is 5.62. The van der Waals surface area contributed by atoms with Gasteiger partial charge in [0.15, 0.2) is 0 Å². The van der Waals surface area contributed by atoms with E-state index in [0.717, 1.165) is 31.4 Å². The summed E-state index contributed by atoms with van der Waals surface area (Å²) < 4.78 is 10.8. The Balaban J connectivity index is 1.47. The van der Waals surface area contributed by atoms with Crippen LogP contribution in [0.15, 0.2) is 78.9 Å².